The number of guanidine groups is 1. The standard InChI is InChI=1S/C16H32N4O.HI/c1-13(2)15(19-7-9-21-10-8-19)11-18-16(17)20-6-4-5-14(3)12-20;/h13-15H,4-12H2,1-3H3,(H2,17,18);1H. The van der Waals surface area contributed by atoms with Crippen LogP contribution in [-0.2, 0) is 4.74 Å². The average Bonchev–Trinajstić information content (AvgIpc) is 2.48. The van der Waals surface area contributed by atoms with Crippen LogP contribution >= 0.6 is 24.0 Å². The van der Waals surface area contributed by atoms with E-state index in [0.717, 1.165) is 57.8 Å². The van der Waals surface area contributed by atoms with Crippen molar-refractivity contribution in [1.29, 1.82) is 0 Å². The van der Waals surface area contributed by atoms with Gasteiger partial charge in [-0.25, -0.2) is 0 Å². The molecule has 2 unspecified atom stereocenters. The SMILES string of the molecule is CC1CCCN(C(N)=NCC(C(C)C)N2CCOCC2)C1.I. The lowest BCUT2D eigenvalue weighted by atomic mass is 10.0. The Morgan fingerprint density at radius 2 is 1.95 bits per heavy atom. The van der Waals surface area contributed by atoms with Gasteiger partial charge < -0.3 is 15.4 Å². The molecule has 2 aliphatic heterocycles. The Balaban J connectivity index is 0.00000242. The van der Waals surface area contributed by atoms with E-state index in [9.17, 15) is 0 Å². The number of aliphatic imine (C=N–C) groups is 1. The topological polar surface area (TPSA) is 54.1 Å². The molecule has 0 aliphatic carbocycles. The molecule has 5 nitrogen and oxygen atoms in total. The fourth-order valence-electron chi connectivity index (χ4n) is 3.34. The van der Waals surface area contributed by atoms with Gasteiger partial charge in [0.05, 0.1) is 19.8 Å². The van der Waals surface area contributed by atoms with Gasteiger partial charge in [-0.05, 0) is 24.7 Å². The van der Waals surface area contributed by atoms with Gasteiger partial charge in [0.15, 0.2) is 5.96 Å². The van der Waals surface area contributed by atoms with E-state index in [-0.39, 0.29) is 24.0 Å². The van der Waals surface area contributed by atoms with E-state index in [1.807, 2.05) is 0 Å². The number of hydrogen-bond donors (Lipinski definition) is 1. The summed E-state index contributed by atoms with van der Waals surface area (Å²) in [4.78, 5) is 9.48. The summed E-state index contributed by atoms with van der Waals surface area (Å²) in [5, 5.41) is 0. The zero-order valence-electron chi connectivity index (χ0n) is 14.3. The Bertz CT molecular complexity index is 345. The lowest BCUT2D eigenvalue weighted by Crippen LogP contribution is -2.48. The van der Waals surface area contributed by atoms with Gasteiger partial charge in [-0.2, -0.15) is 0 Å². The van der Waals surface area contributed by atoms with Crippen molar-refractivity contribution in [1.82, 2.24) is 9.80 Å². The third-order valence-corrected chi connectivity index (χ3v) is 4.71. The van der Waals surface area contributed by atoms with E-state index in [1.165, 1.54) is 12.8 Å². The van der Waals surface area contributed by atoms with Gasteiger partial charge in [0, 0.05) is 32.2 Å². The summed E-state index contributed by atoms with van der Waals surface area (Å²) in [5.41, 5.74) is 6.22. The summed E-state index contributed by atoms with van der Waals surface area (Å²) in [6, 6.07) is 0.467. The molecule has 2 heterocycles. The first-order chi connectivity index (χ1) is 10.1. The average molecular weight is 424 g/mol. The summed E-state index contributed by atoms with van der Waals surface area (Å²) < 4.78 is 5.45. The second kappa shape index (κ2) is 9.93. The van der Waals surface area contributed by atoms with Crippen LogP contribution in [0.5, 0.6) is 0 Å². The van der Waals surface area contributed by atoms with Crippen LogP contribution in [0.4, 0.5) is 0 Å². The predicted octanol–water partition coefficient (Wildman–Crippen LogP) is 2.01. The van der Waals surface area contributed by atoms with Crippen molar-refractivity contribution < 1.29 is 4.74 Å². The monoisotopic (exact) mass is 424 g/mol. The van der Waals surface area contributed by atoms with Crippen molar-refractivity contribution in [3.8, 4) is 0 Å². The molecule has 0 aromatic carbocycles. The molecule has 2 aliphatic rings. The van der Waals surface area contributed by atoms with Crippen LogP contribution in [0.2, 0.25) is 0 Å². The first kappa shape index (κ1) is 20.0. The molecular formula is C16H33IN4O. The van der Waals surface area contributed by atoms with Gasteiger partial charge in [-0.3, -0.25) is 9.89 Å². The molecule has 2 fully saturated rings. The minimum atomic E-state index is 0. The van der Waals surface area contributed by atoms with E-state index in [4.69, 9.17) is 15.5 Å². The van der Waals surface area contributed by atoms with Gasteiger partial charge in [-0.1, -0.05) is 20.8 Å². The summed E-state index contributed by atoms with van der Waals surface area (Å²) >= 11 is 0. The van der Waals surface area contributed by atoms with Gasteiger partial charge in [0.1, 0.15) is 0 Å². The molecule has 0 radical (unpaired) electrons. The van der Waals surface area contributed by atoms with Crippen molar-refractivity contribution in [2.24, 2.45) is 22.6 Å². The molecule has 0 amide bonds. The third kappa shape index (κ3) is 5.85. The summed E-state index contributed by atoms with van der Waals surface area (Å²) in [6.45, 7) is 13.5. The molecule has 22 heavy (non-hydrogen) atoms. The highest BCUT2D eigenvalue weighted by Gasteiger charge is 2.24. The molecule has 2 rings (SSSR count). The second-order valence-corrected chi connectivity index (χ2v) is 6.85. The molecule has 2 saturated heterocycles. The smallest absolute Gasteiger partial charge is 0.191 e. The zero-order valence-corrected chi connectivity index (χ0v) is 16.7. The summed E-state index contributed by atoms with van der Waals surface area (Å²) in [7, 11) is 0. The molecule has 0 aromatic heterocycles. The number of ether oxygens (including phenoxy) is 1. The quantitative estimate of drug-likeness (QED) is 0.426. The van der Waals surface area contributed by atoms with Crippen molar-refractivity contribution in [2.75, 3.05) is 45.9 Å². The Morgan fingerprint density at radius 3 is 2.55 bits per heavy atom. The molecule has 2 atom stereocenters. The van der Waals surface area contributed by atoms with Crippen molar-refractivity contribution in [3.05, 3.63) is 0 Å². The summed E-state index contributed by atoms with van der Waals surface area (Å²) in [5.74, 6) is 2.05. The first-order valence-electron chi connectivity index (χ1n) is 8.44. The maximum absolute atomic E-state index is 6.22. The Labute approximate surface area is 152 Å². The van der Waals surface area contributed by atoms with Gasteiger partial charge in [-0.15, -0.1) is 24.0 Å². The number of rotatable bonds is 4. The maximum atomic E-state index is 6.22. The van der Waals surface area contributed by atoms with Crippen LogP contribution in [0.3, 0.4) is 0 Å². The molecule has 0 aromatic rings. The van der Waals surface area contributed by atoms with E-state index in [2.05, 4.69) is 30.6 Å². The highest BCUT2D eigenvalue weighted by molar-refractivity contribution is 14.0. The number of morpholine rings is 1. The van der Waals surface area contributed by atoms with Crippen molar-refractivity contribution in [3.63, 3.8) is 0 Å². The van der Waals surface area contributed by atoms with Crippen LogP contribution in [0.25, 0.3) is 0 Å². The van der Waals surface area contributed by atoms with Gasteiger partial charge in [0.25, 0.3) is 0 Å². The number of halogens is 1. The van der Waals surface area contributed by atoms with Crippen LogP contribution in [-0.4, -0.2) is 67.7 Å². The third-order valence-electron chi connectivity index (χ3n) is 4.71. The van der Waals surface area contributed by atoms with Crippen molar-refractivity contribution >= 4 is 29.9 Å². The molecule has 6 heteroatoms. The number of hydrogen-bond acceptors (Lipinski definition) is 3. The Hall–Kier alpha value is -0.0800. The number of nitrogens with two attached hydrogens (primary N) is 1. The molecule has 130 valence electrons. The normalized spacial score (nSPS) is 25.9. The highest BCUT2D eigenvalue weighted by atomic mass is 127. The Kier molecular flexibility index (Phi) is 9.01. The van der Waals surface area contributed by atoms with Crippen LogP contribution < -0.4 is 5.73 Å². The maximum Gasteiger partial charge on any atom is 0.191 e. The van der Waals surface area contributed by atoms with Crippen LogP contribution in [0.1, 0.15) is 33.6 Å². The van der Waals surface area contributed by atoms with E-state index in [0.29, 0.717) is 12.0 Å². The van der Waals surface area contributed by atoms with Crippen LogP contribution in [0.15, 0.2) is 4.99 Å². The number of nitrogens with zero attached hydrogens (tertiary/aromatic N) is 3. The lowest BCUT2D eigenvalue weighted by molar-refractivity contribution is 0.00863. The lowest BCUT2D eigenvalue weighted by Gasteiger charge is -2.36. The predicted molar refractivity (Wildman–Crippen MR) is 103 cm³/mol. The molecule has 2 N–H and O–H groups in total. The molecule has 0 saturated carbocycles. The van der Waals surface area contributed by atoms with Crippen LogP contribution in [0, 0.1) is 11.8 Å². The highest BCUT2D eigenvalue weighted by Crippen LogP contribution is 2.16. The molecule has 0 bridgehead atoms. The number of piperidine rings is 1. The Morgan fingerprint density at radius 1 is 1.27 bits per heavy atom. The van der Waals surface area contributed by atoms with E-state index in [1.54, 1.807) is 0 Å². The minimum Gasteiger partial charge on any atom is -0.379 e. The fourth-order valence-corrected chi connectivity index (χ4v) is 3.34. The molecular weight excluding hydrogens is 391 g/mol. The van der Waals surface area contributed by atoms with Gasteiger partial charge >= 0.3 is 0 Å². The molecule has 0 spiro atoms. The fraction of sp³-hybridized carbons (Fsp3) is 0.938. The van der Waals surface area contributed by atoms with Crippen molar-refractivity contribution in [2.45, 2.75) is 39.7 Å². The van der Waals surface area contributed by atoms with Gasteiger partial charge in [0.2, 0.25) is 0 Å². The minimum absolute atomic E-state index is 0. The second-order valence-electron chi connectivity index (χ2n) is 6.85. The first-order valence-corrected chi connectivity index (χ1v) is 8.44. The largest absolute Gasteiger partial charge is 0.379 e. The summed E-state index contributed by atoms with van der Waals surface area (Å²) in [6.07, 6.45) is 2.54. The number of likely N-dealkylation sites (tertiary alicyclic amines) is 1. The zero-order chi connectivity index (χ0) is 15.2. The van der Waals surface area contributed by atoms with E-state index >= 15 is 0 Å². The van der Waals surface area contributed by atoms with E-state index < -0.39 is 0 Å².